The molecular formula is C15H26N2O4. The molecule has 0 aliphatic carbocycles. The van der Waals surface area contributed by atoms with Gasteiger partial charge in [-0.15, -0.1) is 0 Å². The molecule has 0 spiro atoms. The number of pyridine rings is 1. The monoisotopic (exact) mass is 298 g/mol. The zero-order valence-electron chi connectivity index (χ0n) is 13.1. The molecule has 120 valence electrons. The molecule has 0 aromatic carbocycles. The van der Waals surface area contributed by atoms with Gasteiger partial charge in [0.25, 0.3) is 0 Å². The van der Waals surface area contributed by atoms with Crippen LogP contribution < -0.4 is 10.1 Å². The number of rotatable bonds is 12. The molecule has 0 bridgehead atoms. The zero-order chi connectivity index (χ0) is 15.3. The SMILES string of the molecule is CNC(C)c1ccc(OCCOCCOCCOC)nc1. The van der Waals surface area contributed by atoms with E-state index in [0.29, 0.717) is 45.5 Å². The first-order valence-electron chi connectivity index (χ1n) is 7.18. The van der Waals surface area contributed by atoms with Crippen LogP contribution in [0.2, 0.25) is 0 Å². The second-order valence-corrected chi connectivity index (χ2v) is 4.51. The van der Waals surface area contributed by atoms with E-state index < -0.39 is 0 Å². The van der Waals surface area contributed by atoms with Crippen molar-refractivity contribution < 1.29 is 18.9 Å². The van der Waals surface area contributed by atoms with Crippen molar-refractivity contribution in [2.75, 3.05) is 53.8 Å². The Morgan fingerprint density at radius 3 is 2.29 bits per heavy atom. The van der Waals surface area contributed by atoms with E-state index in [1.54, 1.807) is 7.11 Å². The first-order chi connectivity index (χ1) is 10.3. The highest BCUT2D eigenvalue weighted by Crippen LogP contribution is 2.13. The minimum atomic E-state index is 0.285. The highest BCUT2D eigenvalue weighted by atomic mass is 16.6. The van der Waals surface area contributed by atoms with Crippen molar-refractivity contribution >= 4 is 0 Å². The van der Waals surface area contributed by atoms with Gasteiger partial charge in [0, 0.05) is 25.4 Å². The second kappa shape index (κ2) is 11.4. The van der Waals surface area contributed by atoms with Crippen LogP contribution in [-0.2, 0) is 14.2 Å². The summed E-state index contributed by atoms with van der Waals surface area (Å²) in [6.45, 7) is 5.40. The Hall–Kier alpha value is -1.21. The van der Waals surface area contributed by atoms with Crippen molar-refractivity contribution in [3.63, 3.8) is 0 Å². The van der Waals surface area contributed by atoms with Gasteiger partial charge in [-0.1, -0.05) is 6.07 Å². The van der Waals surface area contributed by atoms with Crippen molar-refractivity contribution in [1.82, 2.24) is 10.3 Å². The van der Waals surface area contributed by atoms with Gasteiger partial charge in [-0.3, -0.25) is 0 Å². The molecule has 0 saturated carbocycles. The van der Waals surface area contributed by atoms with Crippen LogP contribution in [0.15, 0.2) is 18.3 Å². The summed E-state index contributed by atoms with van der Waals surface area (Å²) in [5, 5.41) is 3.16. The van der Waals surface area contributed by atoms with Crippen LogP contribution in [-0.4, -0.2) is 58.8 Å². The maximum absolute atomic E-state index is 5.50. The van der Waals surface area contributed by atoms with Crippen LogP contribution in [0, 0.1) is 0 Å². The molecule has 1 heterocycles. The second-order valence-electron chi connectivity index (χ2n) is 4.51. The van der Waals surface area contributed by atoms with E-state index in [2.05, 4.69) is 17.2 Å². The van der Waals surface area contributed by atoms with E-state index >= 15 is 0 Å². The summed E-state index contributed by atoms with van der Waals surface area (Å²) in [5.41, 5.74) is 1.13. The summed E-state index contributed by atoms with van der Waals surface area (Å²) in [6, 6.07) is 4.17. The molecule has 1 aromatic rings. The third-order valence-corrected chi connectivity index (χ3v) is 2.97. The zero-order valence-corrected chi connectivity index (χ0v) is 13.1. The summed E-state index contributed by atoms with van der Waals surface area (Å²) in [6.07, 6.45) is 1.82. The fourth-order valence-electron chi connectivity index (χ4n) is 1.57. The Morgan fingerprint density at radius 2 is 1.71 bits per heavy atom. The summed E-state index contributed by atoms with van der Waals surface area (Å²) in [4.78, 5) is 4.26. The third kappa shape index (κ3) is 7.96. The van der Waals surface area contributed by atoms with E-state index in [9.17, 15) is 0 Å². The molecule has 1 N–H and O–H groups in total. The van der Waals surface area contributed by atoms with Gasteiger partial charge in [-0.2, -0.15) is 0 Å². The van der Waals surface area contributed by atoms with Gasteiger partial charge in [0.2, 0.25) is 5.88 Å². The molecule has 1 unspecified atom stereocenters. The predicted octanol–water partition coefficient (Wildman–Crippen LogP) is 1.42. The van der Waals surface area contributed by atoms with Crippen molar-refractivity contribution in [2.24, 2.45) is 0 Å². The minimum Gasteiger partial charge on any atom is -0.475 e. The molecular weight excluding hydrogens is 272 g/mol. The Morgan fingerprint density at radius 1 is 1.05 bits per heavy atom. The van der Waals surface area contributed by atoms with Crippen molar-refractivity contribution in [3.05, 3.63) is 23.9 Å². The fourth-order valence-corrected chi connectivity index (χ4v) is 1.57. The van der Waals surface area contributed by atoms with Gasteiger partial charge in [0.1, 0.15) is 6.61 Å². The Kier molecular flexibility index (Phi) is 9.73. The number of methoxy groups -OCH3 is 1. The van der Waals surface area contributed by atoms with E-state index in [1.165, 1.54) is 0 Å². The van der Waals surface area contributed by atoms with Crippen molar-refractivity contribution in [2.45, 2.75) is 13.0 Å². The number of aromatic nitrogens is 1. The third-order valence-electron chi connectivity index (χ3n) is 2.97. The van der Waals surface area contributed by atoms with E-state index in [4.69, 9.17) is 18.9 Å². The fraction of sp³-hybridized carbons (Fsp3) is 0.667. The molecule has 0 amide bonds. The van der Waals surface area contributed by atoms with Gasteiger partial charge in [0.05, 0.1) is 33.0 Å². The molecule has 1 aromatic heterocycles. The molecule has 1 atom stereocenters. The molecule has 6 nitrogen and oxygen atoms in total. The van der Waals surface area contributed by atoms with E-state index in [1.807, 2.05) is 25.4 Å². The minimum absolute atomic E-state index is 0.285. The number of nitrogens with one attached hydrogen (secondary N) is 1. The quantitative estimate of drug-likeness (QED) is 0.589. The number of hydrogen-bond acceptors (Lipinski definition) is 6. The maximum Gasteiger partial charge on any atom is 0.213 e. The first-order valence-corrected chi connectivity index (χ1v) is 7.18. The highest BCUT2D eigenvalue weighted by Gasteiger charge is 2.03. The van der Waals surface area contributed by atoms with E-state index in [0.717, 1.165) is 5.56 Å². The summed E-state index contributed by atoms with van der Waals surface area (Å²) in [7, 11) is 3.57. The number of nitrogens with zero attached hydrogens (tertiary/aromatic N) is 1. The number of hydrogen-bond donors (Lipinski definition) is 1. The van der Waals surface area contributed by atoms with Crippen LogP contribution in [0.25, 0.3) is 0 Å². The lowest BCUT2D eigenvalue weighted by molar-refractivity contribution is 0.0176. The Labute approximate surface area is 126 Å². The lowest BCUT2D eigenvalue weighted by atomic mass is 10.1. The van der Waals surface area contributed by atoms with Gasteiger partial charge in [-0.05, 0) is 19.5 Å². The standard InChI is InChI=1S/C15H26N2O4/c1-13(16-2)14-4-5-15(17-12-14)21-11-10-20-9-8-19-7-6-18-3/h4-5,12-13,16H,6-11H2,1-3H3. The van der Waals surface area contributed by atoms with E-state index in [-0.39, 0.29) is 6.04 Å². The van der Waals surface area contributed by atoms with Crippen LogP contribution in [0.3, 0.4) is 0 Å². The van der Waals surface area contributed by atoms with Crippen LogP contribution in [0.5, 0.6) is 5.88 Å². The average Bonchev–Trinajstić information content (AvgIpc) is 2.53. The molecule has 0 aliphatic rings. The molecule has 1 rings (SSSR count). The van der Waals surface area contributed by atoms with Crippen LogP contribution >= 0.6 is 0 Å². The topological polar surface area (TPSA) is 61.8 Å². The first kappa shape index (κ1) is 17.8. The van der Waals surface area contributed by atoms with Gasteiger partial charge in [0.15, 0.2) is 0 Å². The molecule has 0 radical (unpaired) electrons. The van der Waals surface area contributed by atoms with Crippen molar-refractivity contribution in [3.8, 4) is 5.88 Å². The smallest absolute Gasteiger partial charge is 0.213 e. The summed E-state index contributed by atoms with van der Waals surface area (Å²) in [5.74, 6) is 0.613. The van der Waals surface area contributed by atoms with Gasteiger partial charge >= 0.3 is 0 Å². The number of ether oxygens (including phenoxy) is 4. The summed E-state index contributed by atoms with van der Waals surface area (Å²) < 4.78 is 21.0. The largest absolute Gasteiger partial charge is 0.475 e. The van der Waals surface area contributed by atoms with Crippen LogP contribution in [0.1, 0.15) is 18.5 Å². The average molecular weight is 298 g/mol. The normalized spacial score (nSPS) is 12.3. The lowest BCUT2D eigenvalue weighted by Gasteiger charge is -2.11. The lowest BCUT2D eigenvalue weighted by Crippen LogP contribution is -2.13. The summed E-state index contributed by atoms with van der Waals surface area (Å²) >= 11 is 0. The van der Waals surface area contributed by atoms with Gasteiger partial charge < -0.3 is 24.3 Å². The van der Waals surface area contributed by atoms with Gasteiger partial charge in [-0.25, -0.2) is 4.98 Å². The predicted molar refractivity (Wildman–Crippen MR) is 80.7 cm³/mol. The Bertz CT molecular complexity index is 359. The van der Waals surface area contributed by atoms with Crippen LogP contribution in [0.4, 0.5) is 0 Å². The Balaban J connectivity index is 2.05. The molecule has 6 heteroatoms. The molecule has 0 saturated heterocycles. The van der Waals surface area contributed by atoms with Crippen molar-refractivity contribution in [1.29, 1.82) is 0 Å². The molecule has 0 fully saturated rings. The highest BCUT2D eigenvalue weighted by molar-refractivity contribution is 5.20. The molecule has 21 heavy (non-hydrogen) atoms. The maximum atomic E-state index is 5.50. The molecule has 0 aliphatic heterocycles.